The number of ketones is 2. The number of benzene rings is 1. The maximum absolute atomic E-state index is 15.0. The summed E-state index contributed by atoms with van der Waals surface area (Å²) in [4.78, 5) is 26.5. The molecule has 0 heterocycles. The van der Waals surface area contributed by atoms with Crippen molar-refractivity contribution in [1.82, 2.24) is 0 Å². The van der Waals surface area contributed by atoms with Crippen LogP contribution in [0, 0.1) is 34.4 Å². The monoisotopic (exact) mass is 410 g/mol. The average molecular weight is 410 g/mol. The third-order valence-electron chi connectivity index (χ3n) is 6.70. The molecule has 29 heavy (non-hydrogen) atoms. The molecule has 3 unspecified atom stereocenters. The second-order valence-corrected chi connectivity index (χ2v) is 8.49. The van der Waals surface area contributed by atoms with Crippen molar-refractivity contribution in [3.8, 4) is 17.6 Å². The van der Waals surface area contributed by atoms with Crippen molar-refractivity contribution < 1.29 is 31.9 Å². The molecule has 0 spiro atoms. The Morgan fingerprint density at radius 3 is 2.45 bits per heavy atom. The Morgan fingerprint density at radius 2 is 1.86 bits per heavy atom. The summed E-state index contributed by atoms with van der Waals surface area (Å²) in [5.41, 5.74) is -1.78. The van der Waals surface area contributed by atoms with Crippen LogP contribution in [0.2, 0.25) is 0 Å². The zero-order valence-corrected chi connectivity index (χ0v) is 16.7. The van der Waals surface area contributed by atoms with E-state index in [0.717, 1.165) is 12.1 Å². The molecular formula is C22H22F4O3. The van der Waals surface area contributed by atoms with E-state index < -0.39 is 64.1 Å². The van der Waals surface area contributed by atoms with E-state index in [0.29, 0.717) is 12.8 Å². The summed E-state index contributed by atoms with van der Waals surface area (Å²) < 4.78 is 58.1. The Balaban J connectivity index is 2.15. The van der Waals surface area contributed by atoms with Crippen LogP contribution in [-0.4, -0.2) is 24.3 Å². The summed E-state index contributed by atoms with van der Waals surface area (Å²) in [6.07, 6.45) is -3.69. The first kappa shape index (κ1) is 21.4. The lowest BCUT2D eigenvalue weighted by Crippen LogP contribution is -2.52. The van der Waals surface area contributed by atoms with Crippen LogP contribution < -0.4 is 4.74 Å². The summed E-state index contributed by atoms with van der Waals surface area (Å²) >= 11 is 0. The smallest absolute Gasteiger partial charge is 0.422 e. The van der Waals surface area contributed by atoms with Gasteiger partial charge in [-0.3, -0.25) is 9.59 Å². The fourth-order valence-electron chi connectivity index (χ4n) is 4.73. The number of carbonyl (C=O) groups is 2. The lowest BCUT2D eigenvalue weighted by atomic mass is 9.54. The average Bonchev–Trinajstić information content (AvgIpc) is 2.78. The molecule has 1 aromatic rings. The summed E-state index contributed by atoms with van der Waals surface area (Å²) in [5.74, 6) is 0.807. The molecule has 0 aromatic heterocycles. The third kappa shape index (κ3) is 3.33. The third-order valence-corrected chi connectivity index (χ3v) is 6.70. The minimum absolute atomic E-state index is 0.108. The van der Waals surface area contributed by atoms with E-state index in [4.69, 9.17) is 4.74 Å². The molecule has 2 fully saturated rings. The summed E-state index contributed by atoms with van der Waals surface area (Å²) in [7, 11) is 0. The SMILES string of the molecule is CC#Cc1cc(F)c(C2C(=O)C3CCC(C)(C2=O)C3(C)C)c(OCC(F)(F)F)c1. The summed E-state index contributed by atoms with van der Waals surface area (Å²) in [5, 5.41) is 0. The zero-order chi connectivity index (χ0) is 21.8. The molecule has 2 saturated carbocycles. The number of hydrogen-bond acceptors (Lipinski definition) is 3. The van der Waals surface area contributed by atoms with E-state index in [9.17, 15) is 22.8 Å². The van der Waals surface area contributed by atoms with Crippen LogP contribution in [0.4, 0.5) is 17.6 Å². The molecule has 0 amide bonds. The number of alkyl halides is 3. The Bertz CT molecular complexity index is 936. The molecule has 156 valence electrons. The lowest BCUT2D eigenvalue weighted by molar-refractivity contribution is -0.153. The van der Waals surface area contributed by atoms with Crippen molar-refractivity contribution in [1.29, 1.82) is 0 Å². The van der Waals surface area contributed by atoms with Crippen LogP contribution >= 0.6 is 0 Å². The molecule has 3 rings (SSSR count). The van der Waals surface area contributed by atoms with Crippen molar-refractivity contribution in [3.05, 3.63) is 29.1 Å². The predicted octanol–water partition coefficient (Wildman–Crippen LogP) is 4.82. The van der Waals surface area contributed by atoms with Crippen LogP contribution in [0.5, 0.6) is 5.75 Å². The van der Waals surface area contributed by atoms with Crippen LogP contribution in [0.15, 0.2) is 12.1 Å². The largest absolute Gasteiger partial charge is 0.484 e. The molecule has 3 nitrogen and oxygen atoms in total. The van der Waals surface area contributed by atoms with Gasteiger partial charge < -0.3 is 4.74 Å². The fraction of sp³-hybridized carbons (Fsp3) is 0.545. The van der Waals surface area contributed by atoms with Crippen molar-refractivity contribution in [3.63, 3.8) is 0 Å². The van der Waals surface area contributed by atoms with Gasteiger partial charge in [0.1, 0.15) is 17.5 Å². The number of carbonyl (C=O) groups excluding carboxylic acids is 2. The Morgan fingerprint density at radius 1 is 1.21 bits per heavy atom. The topological polar surface area (TPSA) is 43.4 Å². The maximum Gasteiger partial charge on any atom is 0.422 e. The highest BCUT2D eigenvalue weighted by atomic mass is 19.4. The minimum atomic E-state index is -4.66. The highest BCUT2D eigenvalue weighted by Crippen LogP contribution is 2.63. The van der Waals surface area contributed by atoms with Gasteiger partial charge in [-0.05, 0) is 37.3 Å². The summed E-state index contributed by atoms with van der Waals surface area (Å²) in [6.45, 7) is 5.27. The summed E-state index contributed by atoms with van der Waals surface area (Å²) in [6, 6.07) is 2.18. The highest BCUT2D eigenvalue weighted by molar-refractivity contribution is 6.14. The van der Waals surface area contributed by atoms with Gasteiger partial charge in [0.25, 0.3) is 0 Å². The van der Waals surface area contributed by atoms with Gasteiger partial charge in [-0.1, -0.05) is 26.7 Å². The van der Waals surface area contributed by atoms with Crippen molar-refractivity contribution >= 4 is 11.6 Å². The second kappa shape index (κ2) is 6.86. The predicted molar refractivity (Wildman–Crippen MR) is 97.9 cm³/mol. The van der Waals surface area contributed by atoms with Crippen LogP contribution in [-0.2, 0) is 9.59 Å². The van der Waals surface area contributed by atoms with E-state index in [1.807, 2.05) is 13.8 Å². The number of ether oxygens (including phenoxy) is 1. The van der Waals surface area contributed by atoms with E-state index in [1.165, 1.54) is 6.92 Å². The van der Waals surface area contributed by atoms with Gasteiger partial charge in [0.2, 0.25) is 0 Å². The number of halogens is 4. The van der Waals surface area contributed by atoms with E-state index in [1.54, 1.807) is 6.92 Å². The van der Waals surface area contributed by atoms with Gasteiger partial charge in [-0.2, -0.15) is 13.2 Å². The molecular weight excluding hydrogens is 388 g/mol. The van der Waals surface area contributed by atoms with Crippen molar-refractivity contribution in [2.45, 2.75) is 52.6 Å². The molecule has 2 aliphatic rings. The lowest BCUT2D eigenvalue weighted by Gasteiger charge is -2.46. The molecule has 7 heteroatoms. The van der Waals surface area contributed by atoms with Gasteiger partial charge in [0, 0.05) is 22.5 Å². The minimum Gasteiger partial charge on any atom is -0.484 e. The van der Waals surface area contributed by atoms with Crippen molar-refractivity contribution in [2.24, 2.45) is 16.7 Å². The molecule has 0 N–H and O–H groups in total. The van der Waals surface area contributed by atoms with Crippen molar-refractivity contribution in [2.75, 3.05) is 6.61 Å². The molecule has 0 aliphatic heterocycles. The normalized spacial score (nSPS) is 28.1. The second-order valence-electron chi connectivity index (χ2n) is 8.49. The highest BCUT2D eigenvalue weighted by Gasteiger charge is 2.65. The molecule has 0 saturated heterocycles. The van der Waals surface area contributed by atoms with E-state index >= 15 is 4.39 Å². The first-order chi connectivity index (χ1) is 13.3. The molecule has 0 radical (unpaired) electrons. The van der Waals surface area contributed by atoms with Gasteiger partial charge in [0.15, 0.2) is 18.2 Å². The maximum atomic E-state index is 15.0. The van der Waals surface area contributed by atoms with E-state index in [-0.39, 0.29) is 5.56 Å². The van der Waals surface area contributed by atoms with Gasteiger partial charge >= 0.3 is 6.18 Å². The van der Waals surface area contributed by atoms with Gasteiger partial charge in [-0.25, -0.2) is 4.39 Å². The molecule has 2 aliphatic carbocycles. The Labute approximate surface area is 166 Å². The van der Waals surface area contributed by atoms with E-state index in [2.05, 4.69) is 11.8 Å². The standard InChI is InChI=1S/C22H22F4O3/c1-5-6-12-9-14(23)16(15(10-12)29-11-22(24,25)26)17-18(27)13-7-8-21(4,19(17)28)20(13,2)3/h9-10,13,17H,7-8,11H2,1-4H3. The Hall–Kier alpha value is -2.36. The first-order valence-electron chi connectivity index (χ1n) is 9.37. The zero-order valence-electron chi connectivity index (χ0n) is 16.7. The quantitative estimate of drug-likeness (QED) is 0.408. The van der Waals surface area contributed by atoms with Gasteiger partial charge in [0.05, 0.1) is 0 Å². The Kier molecular flexibility index (Phi) is 5.05. The first-order valence-corrected chi connectivity index (χ1v) is 9.37. The van der Waals surface area contributed by atoms with Crippen LogP contribution in [0.3, 0.4) is 0 Å². The molecule has 1 aromatic carbocycles. The molecule has 2 bridgehead atoms. The van der Waals surface area contributed by atoms with Crippen LogP contribution in [0.25, 0.3) is 0 Å². The van der Waals surface area contributed by atoms with Gasteiger partial charge in [-0.15, -0.1) is 5.92 Å². The number of rotatable bonds is 3. The fourth-order valence-corrected chi connectivity index (χ4v) is 4.73. The van der Waals surface area contributed by atoms with Crippen LogP contribution in [0.1, 0.15) is 57.6 Å². The number of fused-ring (bicyclic) bond motifs is 2. The number of hydrogen-bond donors (Lipinski definition) is 0. The molecule has 3 atom stereocenters. The number of Topliss-reactive ketones (excluding diaryl/α,β-unsaturated/α-hetero) is 2.